The zero-order valence-corrected chi connectivity index (χ0v) is 14.9. The lowest BCUT2D eigenvalue weighted by molar-refractivity contribution is 0.602. The molecule has 0 fully saturated rings. The van der Waals surface area contributed by atoms with Gasteiger partial charge in [-0.15, -0.1) is 0 Å². The molecular formula is C19H19FN2O2S. The normalized spacial score (nSPS) is 11.6. The molecule has 6 heteroatoms. The highest BCUT2D eigenvalue weighted by molar-refractivity contribution is 7.90. The Morgan fingerprint density at radius 3 is 2.52 bits per heavy atom. The Bertz CT molecular complexity index is 1020. The number of rotatable bonds is 5. The molecule has 0 spiro atoms. The van der Waals surface area contributed by atoms with Gasteiger partial charge in [-0.2, -0.15) is 0 Å². The standard InChI is InChI=1S/C19H19FN2O2S/c1-13-12-18(16-4-3-5-17(20)19(16)22-13)21-11-10-14-6-8-15(9-7-14)25(2,23)24/h3-9,12H,10-11H2,1-2H3,(H,21,22). The van der Waals surface area contributed by atoms with Crippen molar-refractivity contribution >= 4 is 26.4 Å². The van der Waals surface area contributed by atoms with E-state index in [1.165, 1.54) is 12.3 Å². The fraction of sp³-hybridized carbons (Fsp3) is 0.211. The van der Waals surface area contributed by atoms with Gasteiger partial charge < -0.3 is 5.32 Å². The Balaban J connectivity index is 1.74. The van der Waals surface area contributed by atoms with E-state index < -0.39 is 9.84 Å². The number of hydrogen-bond donors (Lipinski definition) is 1. The lowest BCUT2D eigenvalue weighted by atomic mass is 10.1. The average Bonchev–Trinajstić information content (AvgIpc) is 2.55. The summed E-state index contributed by atoms with van der Waals surface area (Å²) in [5.41, 5.74) is 2.98. The van der Waals surface area contributed by atoms with Gasteiger partial charge in [0, 0.05) is 29.6 Å². The van der Waals surface area contributed by atoms with Crippen LogP contribution in [0.1, 0.15) is 11.3 Å². The van der Waals surface area contributed by atoms with Crippen molar-refractivity contribution in [1.82, 2.24) is 4.98 Å². The van der Waals surface area contributed by atoms with Crippen LogP contribution in [0.5, 0.6) is 0 Å². The van der Waals surface area contributed by atoms with Crippen molar-refractivity contribution in [3.05, 3.63) is 65.6 Å². The third kappa shape index (κ3) is 3.96. The maximum absolute atomic E-state index is 13.9. The van der Waals surface area contributed by atoms with Crippen LogP contribution in [0.3, 0.4) is 0 Å². The third-order valence-electron chi connectivity index (χ3n) is 4.00. The van der Waals surface area contributed by atoms with Crippen LogP contribution in [-0.2, 0) is 16.3 Å². The molecule has 130 valence electrons. The molecule has 3 aromatic rings. The van der Waals surface area contributed by atoms with Crippen molar-refractivity contribution < 1.29 is 12.8 Å². The van der Waals surface area contributed by atoms with E-state index >= 15 is 0 Å². The molecule has 0 atom stereocenters. The minimum absolute atomic E-state index is 0.315. The summed E-state index contributed by atoms with van der Waals surface area (Å²) in [4.78, 5) is 4.58. The average molecular weight is 358 g/mol. The smallest absolute Gasteiger partial charge is 0.175 e. The number of sulfone groups is 1. The monoisotopic (exact) mass is 358 g/mol. The van der Waals surface area contributed by atoms with Gasteiger partial charge >= 0.3 is 0 Å². The zero-order valence-electron chi connectivity index (χ0n) is 14.1. The second kappa shape index (κ2) is 6.80. The van der Waals surface area contributed by atoms with Gasteiger partial charge in [0.05, 0.1) is 4.90 Å². The van der Waals surface area contributed by atoms with Gasteiger partial charge in [-0.1, -0.05) is 24.3 Å². The van der Waals surface area contributed by atoms with E-state index in [-0.39, 0.29) is 5.82 Å². The van der Waals surface area contributed by atoms with Crippen LogP contribution in [0, 0.1) is 12.7 Å². The van der Waals surface area contributed by atoms with Crippen molar-refractivity contribution in [1.29, 1.82) is 0 Å². The van der Waals surface area contributed by atoms with Crippen molar-refractivity contribution in [3.8, 4) is 0 Å². The first-order valence-electron chi connectivity index (χ1n) is 7.93. The van der Waals surface area contributed by atoms with E-state index in [0.717, 1.165) is 28.8 Å². The predicted molar refractivity (Wildman–Crippen MR) is 98.2 cm³/mol. The molecule has 1 aromatic heterocycles. The molecule has 0 aliphatic rings. The lowest BCUT2D eigenvalue weighted by Gasteiger charge is -2.11. The molecule has 0 saturated carbocycles. The molecule has 0 aliphatic carbocycles. The summed E-state index contributed by atoms with van der Waals surface area (Å²) in [6, 6.07) is 13.7. The molecule has 0 saturated heterocycles. The van der Waals surface area contributed by atoms with E-state index in [9.17, 15) is 12.8 Å². The highest BCUT2D eigenvalue weighted by Crippen LogP contribution is 2.25. The molecule has 0 amide bonds. The summed E-state index contributed by atoms with van der Waals surface area (Å²) in [6.07, 6.45) is 1.92. The van der Waals surface area contributed by atoms with E-state index in [4.69, 9.17) is 0 Å². The highest BCUT2D eigenvalue weighted by atomic mass is 32.2. The molecule has 1 heterocycles. The number of benzene rings is 2. The van der Waals surface area contributed by atoms with Gasteiger partial charge in [-0.05, 0) is 43.2 Å². The first-order valence-corrected chi connectivity index (χ1v) is 9.82. The number of aromatic nitrogens is 1. The molecule has 4 nitrogen and oxygen atoms in total. The second-order valence-electron chi connectivity index (χ2n) is 6.04. The van der Waals surface area contributed by atoms with E-state index in [1.54, 1.807) is 18.2 Å². The van der Waals surface area contributed by atoms with Gasteiger partial charge in [0.15, 0.2) is 9.84 Å². The van der Waals surface area contributed by atoms with E-state index in [2.05, 4.69) is 10.3 Å². The lowest BCUT2D eigenvalue weighted by Crippen LogP contribution is -2.06. The molecule has 1 N–H and O–H groups in total. The summed E-state index contributed by atoms with van der Waals surface area (Å²) in [7, 11) is -3.17. The van der Waals surface area contributed by atoms with Crippen LogP contribution >= 0.6 is 0 Å². The number of nitrogens with one attached hydrogen (secondary N) is 1. The summed E-state index contributed by atoms with van der Waals surface area (Å²) in [6.45, 7) is 2.48. The van der Waals surface area contributed by atoms with Crippen LogP contribution in [0.2, 0.25) is 0 Å². The van der Waals surface area contributed by atoms with Crippen LogP contribution in [-0.4, -0.2) is 26.2 Å². The van der Waals surface area contributed by atoms with Crippen LogP contribution in [0.15, 0.2) is 53.4 Å². The van der Waals surface area contributed by atoms with Crippen LogP contribution in [0.25, 0.3) is 10.9 Å². The van der Waals surface area contributed by atoms with Crippen molar-refractivity contribution in [3.63, 3.8) is 0 Å². The summed E-state index contributed by atoms with van der Waals surface area (Å²) >= 11 is 0. The van der Waals surface area contributed by atoms with Gasteiger partial charge in [0.25, 0.3) is 0 Å². The first kappa shape index (κ1) is 17.4. The number of anilines is 1. The van der Waals surface area contributed by atoms with Crippen LogP contribution in [0.4, 0.5) is 10.1 Å². The third-order valence-corrected chi connectivity index (χ3v) is 5.13. The summed E-state index contributed by atoms with van der Waals surface area (Å²) in [5, 5.41) is 4.07. The molecule has 3 rings (SSSR count). The fourth-order valence-corrected chi connectivity index (χ4v) is 3.36. The largest absolute Gasteiger partial charge is 0.384 e. The molecule has 0 radical (unpaired) electrons. The Morgan fingerprint density at radius 2 is 1.84 bits per heavy atom. The van der Waals surface area contributed by atoms with Crippen molar-refractivity contribution in [2.45, 2.75) is 18.2 Å². The number of pyridine rings is 1. The Labute approximate surface area is 146 Å². The number of fused-ring (bicyclic) bond motifs is 1. The first-order chi connectivity index (χ1) is 11.8. The zero-order chi connectivity index (χ0) is 18.0. The SMILES string of the molecule is Cc1cc(NCCc2ccc(S(C)(=O)=O)cc2)c2cccc(F)c2n1. The number of para-hydroxylation sites is 1. The number of nitrogens with zero attached hydrogens (tertiary/aromatic N) is 1. The Morgan fingerprint density at radius 1 is 1.12 bits per heavy atom. The van der Waals surface area contributed by atoms with E-state index in [1.807, 2.05) is 31.2 Å². The number of aryl methyl sites for hydroxylation is 1. The molecular weight excluding hydrogens is 339 g/mol. The molecule has 25 heavy (non-hydrogen) atoms. The molecule has 0 unspecified atom stereocenters. The van der Waals surface area contributed by atoms with Gasteiger partial charge in [-0.25, -0.2) is 17.8 Å². The number of hydrogen-bond acceptors (Lipinski definition) is 4. The van der Waals surface area contributed by atoms with Gasteiger partial charge in [-0.3, -0.25) is 0 Å². The highest BCUT2D eigenvalue weighted by Gasteiger charge is 2.08. The minimum Gasteiger partial charge on any atom is -0.384 e. The Hall–Kier alpha value is -2.47. The topological polar surface area (TPSA) is 59.1 Å². The number of halogens is 1. The quantitative estimate of drug-likeness (QED) is 0.755. The molecule has 0 bridgehead atoms. The molecule has 0 aliphatic heterocycles. The van der Waals surface area contributed by atoms with Crippen LogP contribution < -0.4 is 5.32 Å². The fourth-order valence-electron chi connectivity index (χ4n) is 2.73. The molecule has 2 aromatic carbocycles. The minimum atomic E-state index is -3.17. The van der Waals surface area contributed by atoms with Crippen molar-refractivity contribution in [2.75, 3.05) is 18.1 Å². The Kier molecular flexibility index (Phi) is 4.72. The maximum atomic E-state index is 13.9. The second-order valence-corrected chi connectivity index (χ2v) is 8.06. The maximum Gasteiger partial charge on any atom is 0.175 e. The predicted octanol–water partition coefficient (Wildman–Crippen LogP) is 3.74. The van der Waals surface area contributed by atoms with E-state index in [0.29, 0.717) is 17.0 Å². The summed E-state index contributed by atoms with van der Waals surface area (Å²) in [5.74, 6) is -0.333. The summed E-state index contributed by atoms with van der Waals surface area (Å²) < 4.78 is 36.9. The van der Waals surface area contributed by atoms with Crippen molar-refractivity contribution in [2.24, 2.45) is 0 Å². The van der Waals surface area contributed by atoms with Gasteiger partial charge in [0.1, 0.15) is 11.3 Å². The van der Waals surface area contributed by atoms with Gasteiger partial charge in [0.2, 0.25) is 0 Å².